The van der Waals surface area contributed by atoms with Crippen LogP contribution >= 0.6 is 0 Å². The number of nitro groups is 1. The highest BCUT2D eigenvalue weighted by Gasteiger charge is 1.99. The minimum atomic E-state index is -0.846. The summed E-state index contributed by atoms with van der Waals surface area (Å²) in [4.78, 5) is 9.80. The fourth-order valence-corrected chi connectivity index (χ4v) is 0.513. The van der Waals surface area contributed by atoms with Gasteiger partial charge >= 0.3 is 0 Å². The maximum Gasteiger partial charge on any atom is 0.251 e. The molecule has 0 fully saturated rings. The highest BCUT2D eigenvalue weighted by atomic mass is 19.1. The number of guanidine groups is 1. The van der Waals surface area contributed by atoms with Gasteiger partial charge in [0.2, 0.25) is 0 Å². The molecule has 13 heavy (non-hydrogen) atoms. The van der Waals surface area contributed by atoms with Crippen LogP contribution in [0.25, 0.3) is 0 Å². The Bertz CT molecular complexity index is 229. The molecule has 0 unspecified atom stereocenters. The van der Waals surface area contributed by atoms with Gasteiger partial charge in [-0.3, -0.25) is 5.41 Å². The molecule has 0 saturated carbocycles. The molecule has 0 rings (SSSR count). The lowest BCUT2D eigenvalue weighted by molar-refractivity contribution is -0.525. The molecule has 0 aliphatic heterocycles. The fraction of sp³-hybridized carbons (Fsp3) is 0.500. The molecule has 3 N–H and O–H groups in total. The highest BCUT2D eigenvalue weighted by molar-refractivity contribution is 5.75. The summed E-state index contributed by atoms with van der Waals surface area (Å²) in [6, 6.07) is 0. The first-order chi connectivity index (χ1) is 6.06. The van der Waals surface area contributed by atoms with Gasteiger partial charge in [-0.2, -0.15) is 0 Å². The minimum Gasteiger partial charge on any atom is -0.349 e. The molecule has 74 valence electrons. The Hall–Kier alpha value is -1.66. The van der Waals surface area contributed by atoms with Gasteiger partial charge in [0, 0.05) is 6.54 Å². The molecule has 0 radical (unpaired) electrons. The summed E-state index contributed by atoms with van der Waals surface area (Å²) >= 11 is 0. The van der Waals surface area contributed by atoms with E-state index in [1.807, 2.05) is 0 Å². The van der Waals surface area contributed by atoms with Crippen LogP contribution < -0.4 is 10.7 Å². The van der Waals surface area contributed by atoms with Crippen LogP contribution in [0.15, 0.2) is 11.6 Å². The highest BCUT2D eigenvalue weighted by Crippen LogP contribution is 1.90. The lowest BCUT2D eigenvalue weighted by Crippen LogP contribution is -2.39. The predicted octanol–water partition coefficient (Wildman–Crippen LogP) is 0.208. The number of hydrogen-bond donors (Lipinski definition) is 3. The molecule has 0 atom stereocenters. The average molecular weight is 190 g/mol. The van der Waals surface area contributed by atoms with E-state index in [4.69, 9.17) is 5.41 Å². The number of hydrogen-bond acceptors (Lipinski definition) is 3. The number of nitrogens with one attached hydrogen (secondary N) is 3. The van der Waals surface area contributed by atoms with Gasteiger partial charge in [-0.05, 0) is 12.5 Å². The van der Waals surface area contributed by atoms with Crippen molar-refractivity contribution in [2.45, 2.75) is 6.92 Å². The van der Waals surface area contributed by atoms with E-state index in [2.05, 4.69) is 5.32 Å². The maximum absolute atomic E-state index is 11.8. The van der Waals surface area contributed by atoms with Gasteiger partial charge in [0.15, 0.2) is 5.03 Å². The van der Waals surface area contributed by atoms with E-state index in [-0.39, 0.29) is 6.54 Å². The summed E-state index contributed by atoms with van der Waals surface area (Å²) in [7, 11) is 0. The molecule has 0 amide bonds. The molecule has 7 heteroatoms. The quantitative estimate of drug-likeness (QED) is 0.194. The Labute approximate surface area is 74.4 Å². The Balaban J connectivity index is 3.65. The zero-order valence-electron chi connectivity index (χ0n) is 7.13. The second-order valence-electron chi connectivity index (χ2n) is 2.31. The van der Waals surface area contributed by atoms with Crippen molar-refractivity contribution in [1.82, 2.24) is 10.7 Å². The minimum absolute atomic E-state index is 0.190. The van der Waals surface area contributed by atoms with E-state index >= 15 is 0 Å². The first-order valence-electron chi connectivity index (χ1n) is 3.51. The van der Waals surface area contributed by atoms with Crippen molar-refractivity contribution >= 4 is 5.96 Å². The number of nitrogens with zero attached hydrogens (tertiary/aromatic N) is 1. The summed E-state index contributed by atoms with van der Waals surface area (Å²) < 4.78 is 11.8. The second kappa shape index (κ2) is 5.92. The van der Waals surface area contributed by atoms with Crippen molar-refractivity contribution in [1.29, 1.82) is 5.41 Å². The second-order valence-corrected chi connectivity index (χ2v) is 2.31. The van der Waals surface area contributed by atoms with Crippen LogP contribution in [0.1, 0.15) is 6.92 Å². The van der Waals surface area contributed by atoms with Crippen LogP contribution in [0.5, 0.6) is 0 Å². The zero-order chi connectivity index (χ0) is 10.3. The molecule has 0 heterocycles. The molecule has 0 aliphatic carbocycles. The largest absolute Gasteiger partial charge is 0.349 e. The van der Waals surface area contributed by atoms with Crippen molar-refractivity contribution in [2.24, 2.45) is 0 Å². The Morgan fingerprint density at radius 2 is 2.38 bits per heavy atom. The van der Waals surface area contributed by atoms with Crippen molar-refractivity contribution < 1.29 is 9.42 Å². The van der Waals surface area contributed by atoms with Gasteiger partial charge in [0.05, 0.1) is 0 Å². The van der Waals surface area contributed by atoms with Gasteiger partial charge < -0.3 is 5.32 Å². The monoisotopic (exact) mass is 190 g/mol. The first-order valence-corrected chi connectivity index (χ1v) is 3.51. The zero-order valence-corrected chi connectivity index (χ0v) is 7.13. The molecule has 0 aromatic heterocycles. The van der Waals surface area contributed by atoms with E-state index in [1.54, 1.807) is 12.3 Å². The molecular formula is C6H11FN4O2. The van der Waals surface area contributed by atoms with E-state index in [0.29, 0.717) is 5.57 Å². The Kier molecular flexibility index (Phi) is 5.17. The van der Waals surface area contributed by atoms with Crippen LogP contribution in [-0.2, 0) is 0 Å². The van der Waals surface area contributed by atoms with Crippen LogP contribution in [0.4, 0.5) is 4.39 Å². The maximum atomic E-state index is 11.8. The molecule has 0 aromatic rings. The van der Waals surface area contributed by atoms with Gasteiger partial charge in [-0.1, -0.05) is 11.5 Å². The third-order valence-electron chi connectivity index (χ3n) is 1.14. The van der Waals surface area contributed by atoms with Crippen molar-refractivity contribution in [3.8, 4) is 0 Å². The Morgan fingerprint density at radius 3 is 2.85 bits per heavy atom. The summed E-state index contributed by atoms with van der Waals surface area (Å²) in [6.45, 7) is 1.22. The normalized spacial score (nSPS) is 10.8. The lowest BCUT2D eigenvalue weighted by Gasteiger charge is -2.01. The molecular weight excluding hydrogens is 179 g/mol. The van der Waals surface area contributed by atoms with E-state index < -0.39 is 17.7 Å². The average Bonchev–Trinajstić information content (AvgIpc) is 2.02. The van der Waals surface area contributed by atoms with Gasteiger partial charge in [0.1, 0.15) is 6.67 Å². The molecule has 0 aliphatic rings. The third kappa shape index (κ3) is 6.73. The summed E-state index contributed by atoms with van der Waals surface area (Å²) in [5.41, 5.74) is 2.12. The Morgan fingerprint density at radius 1 is 1.77 bits per heavy atom. The SMILES string of the molecule is C/C(=C/CNC(=N)N[N+](=O)[O-])CF. The van der Waals surface area contributed by atoms with E-state index in [0.717, 1.165) is 0 Å². The van der Waals surface area contributed by atoms with Crippen molar-refractivity contribution in [3.63, 3.8) is 0 Å². The van der Waals surface area contributed by atoms with E-state index in [9.17, 15) is 14.5 Å². The molecule has 0 spiro atoms. The standard InChI is InChI=1S/C6H11FN4O2/c1-5(4-7)2-3-9-6(8)10-11(12)13/h2H,3-4H2,1H3,(H3,8,9,10)/b5-2-. The van der Waals surface area contributed by atoms with E-state index in [1.165, 1.54) is 6.08 Å². The molecule has 0 aromatic carbocycles. The summed E-state index contributed by atoms with van der Waals surface area (Å²) in [6.07, 6.45) is 1.51. The van der Waals surface area contributed by atoms with Crippen LogP contribution in [0, 0.1) is 15.5 Å². The summed E-state index contributed by atoms with van der Waals surface area (Å²) in [5, 5.41) is 18.3. The number of rotatable bonds is 4. The molecule has 0 saturated heterocycles. The summed E-state index contributed by atoms with van der Waals surface area (Å²) in [5.74, 6) is -0.423. The van der Waals surface area contributed by atoms with Gasteiger partial charge in [0.25, 0.3) is 5.96 Å². The van der Waals surface area contributed by atoms with Crippen LogP contribution in [0.2, 0.25) is 0 Å². The first kappa shape index (κ1) is 11.3. The number of halogens is 1. The molecule has 6 nitrogen and oxygen atoms in total. The lowest BCUT2D eigenvalue weighted by atomic mass is 10.3. The van der Waals surface area contributed by atoms with Crippen molar-refractivity contribution in [2.75, 3.05) is 13.2 Å². The number of hydrazine groups is 1. The van der Waals surface area contributed by atoms with Gasteiger partial charge in [-0.15, -0.1) is 0 Å². The van der Waals surface area contributed by atoms with Gasteiger partial charge in [-0.25, -0.2) is 14.5 Å². The number of allylic oxidation sites excluding steroid dienone is 1. The molecule has 0 bridgehead atoms. The van der Waals surface area contributed by atoms with Crippen molar-refractivity contribution in [3.05, 3.63) is 21.8 Å². The fourth-order valence-electron chi connectivity index (χ4n) is 0.513. The predicted molar refractivity (Wildman–Crippen MR) is 45.6 cm³/mol. The topological polar surface area (TPSA) is 91.1 Å². The smallest absolute Gasteiger partial charge is 0.251 e. The number of alkyl halides is 1. The van der Waals surface area contributed by atoms with Crippen LogP contribution in [-0.4, -0.2) is 24.2 Å². The third-order valence-corrected chi connectivity index (χ3v) is 1.14. The van der Waals surface area contributed by atoms with Crippen LogP contribution in [0.3, 0.4) is 0 Å².